The van der Waals surface area contributed by atoms with Gasteiger partial charge in [-0.2, -0.15) is 0 Å². The molecule has 1 amide bonds. The van der Waals surface area contributed by atoms with E-state index in [1.54, 1.807) is 0 Å². The smallest absolute Gasteiger partial charge is 0.254 e. The Balaban J connectivity index is 1.87. The molecule has 2 rings (SSSR count). The van der Waals surface area contributed by atoms with Gasteiger partial charge in [-0.3, -0.25) is 4.79 Å². The molecule has 0 atom stereocenters. The van der Waals surface area contributed by atoms with Crippen LogP contribution in [0.1, 0.15) is 29.6 Å². The lowest BCUT2D eigenvalue weighted by Crippen LogP contribution is -2.28. The fraction of sp³-hybridized carbons (Fsp3) is 0.500. The molecule has 0 spiro atoms. The first-order valence-electron chi connectivity index (χ1n) is 6.59. The second kappa shape index (κ2) is 6.74. The Morgan fingerprint density at radius 3 is 2.60 bits per heavy atom. The predicted molar refractivity (Wildman–Crippen MR) is 66.8 cm³/mol. The zero-order valence-corrected chi connectivity index (χ0v) is 10.9. The third kappa shape index (κ3) is 3.50. The highest BCUT2D eigenvalue weighted by atomic mass is 19.2. The Bertz CT molecular complexity index is 488. The van der Waals surface area contributed by atoms with Crippen LogP contribution in [-0.4, -0.2) is 25.7 Å². The van der Waals surface area contributed by atoms with E-state index in [9.17, 15) is 18.0 Å². The van der Waals surface area contributed by atoms with Gasteiger partial charge in [0.15, 0.2) is 17.5 Å². The van der Waals surface area contributed by atoms with Crippen LogP contribution in [0.2, 0.25) is 0 Å². The van der Waals surface area contributed by atoms with Crippen LogP contribution in [0.4, 0.5) is 13.2 Å². The van der Waals surface area contributed by atoms with Crippen LogP contribution >= 0.6 is 0 Å². The third-order valence-corrected chi connectivity index (χ3v) is 3.46. The van der Waals surface area contributed by atoms with Crippen LogP contribution in [0.3, 0.4) is 0 Å². The maximum atomic E-state index is 13.4. The van der Waals surface area contributed by atoms with Crippen molar-refractivity contribution in [2.75, 3.05) is 19.8 Å². The molecule has 3 nitrogen and oxygen atoms in total. The molecule has 0 aliphatic carbocycles. The number of hydrogen-bond donors (Lipinski definition) is 1. The number of halogens is 3. The Labute approximate surface area is 115 Å². The summed E-state index contributed by atoms with van der Waals surface area (Å²) < 4.78 is 44.4. The number of ether oxygens (including phenoxy) is 1. The molecular weight excluding hydrogens is 271 g/mol. The number of amides is 1. The van der Waals surface area contributed by atoms with Crippen molar-refractivity contribution < 1.29 is 22.7 Å². The molecule has 6 heteroatoms. The normalized spacial score (nSPS) is 16.1. The van der Waals surface area contributed by atoms with Gasteiger partial charge in [0, 0.05) is 19.8 Å². The van der Waals surface area contributed by atoms with E-state index in [2.05, 4.69) is 5.32 Å². The number of hydrogen-bond acceptors (Lipinski definition) is 2. The molecule has 0 aromatic heterocycles. The number of rotatable bonds is 4. The minimum absolute atomic E-state index is 0.377. The molecule has 1 fully saturated rings. The highest BCUT2D eigenvalue weighted by Gasteiger charge is 2.19. The summed E-state index contributed by atoms with van der Waals surface area (Å²) in [5, 5.41) is 2.52. The standard InChI is InChI=1S/C14H16F3NO2/c15-11-2-1-10(12(16)13(11)17)14(19)18-6-3-9-4-7-20-8-5-9/h1-2,9H,3-8H2,(H,18,19). The van der Waals surface area contributed by atoms with E-state index >= 15 is 0 Å². The Morgan fingerprint density at radius 2 is 1.90 bits per heavy atom. The summed E-state index contributed by atoms with van der Waals surface area (Å²) in [6.45, 7) is 1.81. The number of benzene rings is 1. The van der Waals surface area contributed by atoms with Gasteiger partial charge in [-0.1, -0.05) is 0 Å². The average molecular weight is 287 g/mol. The molecule has 1 aromatic rings. The van der Waals surface area contributed by atoms with Crippen molar-refractivity contribution in [3.8, 4) is 0 Å². The van der Waals surface area contributed by atoms with Gasteiger partial charge in [0.25, 0.3) is 5.91 Å². The lowest BCUT2D eigenvalue weighted by molar-refractivity contribution is 0.0636. The molecule has 1 aliphatic rings. The zero-order chi connectivity index (χ0) is 14.5. The largest absolute Gasteiger partial charge is 0.381 e. The summed E-state index contributed by atoms with van der Waals surface area (Å²) in [6, 6.07) is 1.68. The molecule has 1 saturated heterocycles. The molecule has 1 aromatic carbocycles. The van der Waals surface area contributed by atoms with Crippen LogP contribution in [-0.2, 0) is 4.74 Å². The molecule has 110 valence electrons. The van der Waals surface area contributed by atoms with Crippen LogP contribution in [0.25, 0.3) is 0 Å². The lowest BCUT2D eigenvalue weighted by Gasteiger charge is -2.21. The van der Waals surface area contributed by atoms with E-state index in [4.69, 9.17) is 4.74 Å². The molecular formula is C14H16F3NO2. The second-order valence-corrected chi connectivity index (χ2v) is 4.82. The fourth-order valence-corrected chi connectivity index (χ4v) is 2.22. The van der Waals surface area contributed by atoms with Gasteiger partial charge in [-0.05, 0) is 37.3 Å². The Morgan fingerprint density at radius 1 is 1.20 bits per heavy atom. The van der Waals surface area contributed by atoms with E-state index < -0.39 is 28.9 Å². The number of carbonyl (C=O) groups excluding carboxylic acids is 1. The van der Waals surface area contributed by atoms with Gasteiger partial charge in [0.2, 0.25) is 0 Å². The predicted octanol–water partition coefficient (Wildman–Crippen LogP) is 2.65. The van der Waals surface area contributed by atoms with Gasteiger partial charge < -0.3 is 10.1 Å². The van der Waals surface area contributed by atoms with Crippen molar-refractivity contribution >= 4 is 5.91 Å². The first-order chi connectivity index (χ1) is 9.59. The molecule has 1 heterocycles. The van der Waals surface area contributed by atoms with Crippen molar-refractivity contribution in [3.63, 3.8) is 0 Å². The van der Waals surface area contributed by atoms with Crippen LogP contribution < -0.4 is 5.32 Å². The summed E-state index contributed by atoms with van der Waals surface area (Å²) in [6.07, 6.45) is 2.64. The third-order valence-electron chi connectivity index (χ3n) is 3.46. The van der Waals surface area contributed by atoms with Crippen molar-refractivity contribution in [2.24, 2.45) is 5.92 Å². The average Bonchev–Trinajstić information content (AvgIpc) is 2.46. The Kier molecular flexibility index (Phi) is 5.00. The molecule has 20 heavy (non-hydrogen) atoms. The van der Waals surface area contributed by atoms with Gasteiger partial charge >= 0.3 is 0 Å². The molecule has 0 saturated carbocycles. The fourth-order valence-electron chi connectivity index (χ4n) is 2.22. The van der Waals surface area contributed by atoms with E-state index in [1.165, 1.54) is 0 Å². The first-order valence-corrected chi connectivity index (χ1v) is 6.59. The summed E-state index contributed by atoms with van der Waals surface area (Å²) >= 11 is 0. The summed E-state index contributed by atoms with van der Waals surface area (Å²) in [4.78, 5) is 11.7. The monoisotopic (exact) mass is 287 g/mol. The summed E-state index contributed by atoms with van der Waals surface area (Å²) in [7, 11) is 0. The Hall–Kier alpha value is -1.56. The number of nitrogens with one attached hydrogen (secondary N) is 1. The molecule has 1 aliphatic heterocycles. The highest BCUT2D eigenvalue weighted by molar-refractivity contribution is 5.94. The van der Waals surface area contributed by atoms with Crippen molar-refractivity contribution in [2.45, 2.75) is 19.3 Å². The summed E-state index contributed by atoms with van der Waals surface area (Å²) in [5.74, 6) is -4.63. The minimum Gasteiger partial charge on any atom is -0.381 e. The van der Waals surface area contributed by atoms with E-state index in [0.717, 1.165) is 44.6 Å². The van der Waals surface area contributed by atoms with E-state index in [-0.39, 0.29) is 0 Å². The zero-order valence-electron chi connectivity index (χ0n) is 10.9. The maximum Gasteiger partial charge on any atom is 0.254 e. The van der Waals surface area contributed by atoms with E-state index in [1.807, 2.05) is 0 Å². The van der Waals surface area contributed by atoms with E-state index in [0.29, 0.717) is 12.5 Å². The van der Waals surface area contributed by atoms with Crippen molar-refractivity contribution in [1.29, 1.82) is 0 Å². The topological polar surface area (TPSA) is 38.3 Å². The van der Waals surface area contributed by atoms with Gasteiger partial charge in [0.1, 0.15) is 0 Å². The molecule has 0 bridgehead atoms. The second-order valence-electron chi connectivity index (χ2n) is 4.82. The van der Waals surface area contributed by atoms with Crippen LogP contribution in [0.5, 0.6) is 0 Å². The quantitative estimate of drug-likeness (QED) is 0.865. The number of carbonyl (C=O) groups is 1. The van der Waals surface area contributed by atoms with Crippen molar-refractivity contribution in [3.05, 3.63) is 35.1 Å². The highest BCUT2D eigenvalue weighted by Crippen LogP contribution is 2.18. The van der Waals surface area contributed by atoms with Crippen molar-refractivity contribution in [1.82, 2.24) is 5.32 Å². The summed E-state index contributed by atoms with van der Waals surface area (Å²) in [5.41, 5.74) is -0.476. The van der Waals surface area contributed by atoms with Gasteiger partial charge in [0.05, 0.1) is 5.56 Å². The molecule has 1 N–H and O–H groups in total. The first kappa shape index (κ1) is 14.8. The van der Waals surface area contributed by atoms with Gasteiger partial charge in [-0.25, -0.2) is 13.2 Å². The molecule has 0 radical (unpaired) electrons. The maximum absolute atomic E-state index is 13.4. The lowest BCUT2D eigenvalue weighted by atomic mass is 9.97. The van der Waals surface area contributed by atoms with Crippen LogP contribution in [0.15, 0.2) is 12.1 Å². The minimum atomic E-state index is -1.62. The SMILES string of the molecule is O=C(NCCC1CCOCC1)c1ccc(F)c(F)c1F. The molecule has 0 unspecified atom stereocenters. The van der Waals surface area contributed by atoms with Gasteiger partial charge in [-0.15, -0.1) is 0 Å². The van der Waals surface area contributed by atoms with Crippen LogP contribution in [0, 0.1) is 23.4 Å².